The Kier molecular flexibility index (Phi) is 7.12. The summed E-state index contributed by atoms with van der Waals surface area (Å²) in [7, 11) is 0. The van der Waals surface area contributed by atoms with E-state index in [1.54, 1.807) is 0 Å². The Morgan fingerprint density at radius 1 is 0.844 bits per heavy atom. The Hall–Kier alpha value is -0.160. The molecule has 1 aliphatic heterocycles. The third-order valence-corrected chi connectivity index (χ3v) is 11.4. The van der Waals surface area contributed by atoms with Gasteiger partial charge in [0.1, 0.15) is 0 Å². The highest BCUT2D eigenvalue weighted by Crippen LogP contribution is 2.66. The fraction of sp³-hybridized carbons (Fsp3) is 1.00. The Labute approximate surface area is 196 Å². The highest BCUT2D eigenvalue weighted by atomic mass is 16.6. The molecule has 0 bridgehead atoms. The fourth-order valence-corrected chi connectivity index (χ4v) is 9.35. The van der Waals surface area contributed by atoms with E-state index >= 15 is 0 Å². The van der Waals surface area contributed by atoms with E-state index in [0.717, 1.165) is 25.7 Å². The predicted octanol–water partition coefficient (Wildman–Crippen LogP) is 5.38. The zero-order valence-corrected chi connectivity index (χ0v) is 21.5. The molecule has 4 heteroatoms. The van der Waals surface area contributed by atoms with E-state index in [2.05, 4.69) is 41.5 Å². The highest BCUT2D eigenvalue weighted by Gasteiger charge is 2.63. The summed E-state index contributed by atoms with van der Waals surface area (Å²) in [4.78, 5) is 0. The first-order valence-corrected chi connectivity index (χ1v) is 13.8. The van der Waals surface area contributed by atoms with Crippen molar-refractivity contribution in [1.82, 2.24) is 0 Å². The standard InChI is InChI=1S/C28H50O4/c1-7-18(16(2)3)24(30)23(29)17(4)19-11-12-20-25-21(13-15-28(19,20)6)27(5)14-9-8-10-22(27)26(31)32-25/h16-26,29-31H,7-15H2,1-6H3/t17-,18?,19?,20?,21?,22?,23+,24?,25?,26+,27?,28+/m0/s1. The number of ether oxygens (including phenoxy) is 1. The maximum absolute atomic E-state index is 11.3. The van der Waals surface area contributed by atoms with Crippen molar-refractivity contribution in [2.24, 2.45) is 52.3 Å². The van der Waals surface area contributed by atoms with Crippen molar-refractivity contribution in [1.29, 1.82) is 0 Å². The molecule has 0 radical (unpaired) electrons. The second-order valence-corrected chi connectivity index (χ2v) is 12.9. The maximum Gasteiger partial charge on any atom is 0.158 e. The van der Waals surface area contributed by atoms with Gasteiger partial charge < -0.3 is 20.1 Å². The number of aliphatic hydroxyl groups is 3. The van der Waals surface area contributed by atoms with Crippen LogP contribution in [0.1, 0.15) is 99.3 Å². The molecule has 4 fully saturated rings. The van der Waals surface area contributed by atoms with Crippen LogP contribution in [0.5, 0.6) is 0 Å². The Morgan fingerprint density at radius 3 is 2.19 bits per heavy atom. The van der Waals surface area contributed by atoms with Gasteiger partial charge in [0.25, 0.3) is 0 Å². The molecule has 0 aromatic heterocycles. The number of fused-ring (bicyclic) bond motifs is 5. The molecule has 186 valence electrons. The molecule has 3 aliphatic carbocycles. The number of hydrogen-bond acceptors (Lipinski definition) is 4. The van der Waals surface area contributed by atoms with Gasteiger partial charge in [-0.05, 0) is 84.9 Å². The maximum atomic E-state index is 11.3. The number of hydrogen-bond donors (Lipinski definition) is 3. The van der Waals surface area contributed by atoms with Gasteiger partial charge in [0.2, 0.25) is 0 Å². The molecule has 32 heavy (non-hydrogen) atoms. The third kappa shape index (κ3) is 3.80. The second-order valence-electron chi connectivity index (χ2n) is 12.9. The van der Waals surface area contributed by atoms with Crippen LogP contribution in [0.2, 0.25) is 0 Å². The summed E-state index contributed by atoms with van der Waals surface area (Å²) in [5, 5.41) is 33.3. The van der Waals surface area contributed by atoms with Crippen molar-refractivity contribution >= 4 is 0 Å². The summed E-state index contributed by atoms with van der Waals surface area (Å²) in [5.41, 5.74) is 0.311. The lowest BCUT2D eigenvalue weighted by Gasteiger charge is -2.61. The minimum Gasteiger partial charge on any atom is -0.390 e. The Balaban J connectivity index is 1.53. The lowest BCUT2D eigenvalue weighted by molar-refractivity contribution is -0.298. The lowest BCUT2D eigenvalue weighted by atomic mass is 9.49. The molecule has 4 rings (SSSR count). The summed E-state index contributed by atoms with van der Waals surface area (Å²) in [5.74, 6) is 2.23. The van der Waals surface area contributed by atoms with Crippen molar-refractivity contribution in [2.75, 3.05) is 0 Å². The first-order valence-electron chi connectivity index (χ1n) is 13.8. The van der Waals surface area contributed by atoms with Crippen LogP contribution in [0, 0.1) is 52.3 Å². The van der Waals surface area contributed by atoms with Crippen molar-refractivity contribution < 1.29 is 20.1 Å². The summed E-state index contributed by atoms with van der Waals surface area (Å²) in [6.45, 7) is 13.4. The van der Waals surface area contributed by atoms with Crippen LogP contribution in [-0.2, 0) is 4.74 Å². The van der Waals surface area contributed by atoms with Gasteiger partial charge in [0.15, 0.2) is 6.29 Å². The first-order chi connectivity index (χ1) is 15.1. The van der Waals surface area contributed by atoms with Crippen LogP contribution in [0.15, 0.2) is 0 Å². The van der Waals surface area contributed by atoms with E-state index in [0.29, 0.717) is 23.7 Å². The van der Waals surface area contributed by atoms with Gasteiger partial charge in [-0.3, -0.25) is 0 Å². The smallest absolute Gasteiger partial charge is 0.158 e. The molecule has 4 aliphatic rings. The quantitative estimate of drug-likeness (QED) is 0.508. The summed E-state index contributed by atoms with van der Waals surface area (Å²) >= 11 is 0. The fourth-order valence-electron chi connectivity index (χ4n) is 9.35. The largest absolute Gasteiger partial charge is 0.390 e. The molecule has 1 heterocycles. The molecule has 1 saturated heterocycles. The average molecular weight is 451 g/mol. The van der Waals surface area contributed by atoms with E-state index in [1.165, 1.54) is 32.1 Å². The summed E-state index contributed by atoms with van der Waals surface area (Å²) in [6, 6.07) is 0. The zero-order valence-electron chi connectivity index (χ0n) is 21.5. The van der Waals surface area contributed by atoms with E-state index < -0.39 is 18.5 Å². The first kappa shape index (κ1) is 24.9. The Morgan fingerprint density at radius 2 is 1.53 bits per heavy atom. The molecule has 0 amide bonds. The topological polar surface area (TPSA) is 69.9 Å². The van der Waals surface area contributed by atoms with Gasteiger partial charge in [-0.1, -0.05) is 60.8 Å². The predicted molar refractivity (Wildman–Crippen MR) is 128 cm³/mol. The molecule has 8 unspecified atom stereocenters. The van der Waals surface area contributed by atoms with E-state index in [4.69, 9.17) is 4.74 Å². The van der Waals surface area contributed by atoms with E-state index in [9.17, 15) is 15.3 Å². The van der Waals surface area contributed by atoms with Gasteiger partial charge in [0.05, 0.1) is 18.3 Å². The van der Waals surface area contributed by atoms with Crippen LogP contribution < -0.4 is 0 Å². The molecule has 0 aromatic rings. The number of rotatable bonds is 6. The molecular weight excluding hydrogens is 400 g/mol. The number of aliphatic hydroxyl groups excluding tert-OH is 3. The van der Waals surface area contributed by atoms with E-state index in [-0.39, 0.29) is 34.7 Å². The van der Waals surface area contributed by atoms with Gasteiger partial charge in [-0.2, -0.15) is 0 Å². The molecule has 0 aromatic carbocycles. The van der Waals surface area contributed by atoms with Crippen LogP contribution in [-0.4, -0.2) is 39.9 Å². The molecule has 3 saturated carbocycles. The summed E-state index contributed by atoms with van der Waals surface area (Å²) in [6.07, 6.45) is 8.44. The molecule has 0 spiro atoms. The van der Waals surface area contributed by atoms with Crippen molar-refractivity contribution in [3.05, 3.63) is 0 Å². The van der Waals surface area contributed by atoms with Crippen molar-refractivity contribution in [2.45, 2.75) is 124 Å². The van der Waals surface area contributed by atoms with Gasteiger partial charge in [-0.25, -0.2) is 0 Å². The summed E-state index contributed by atoms with van der Waals surface area (Å²) < 4.78 is 6.47. The van der Waals surface area contributed by atoms with Crippen LogP contribution in [0.3, 0.4) is 0 Å². The van der Waals surface area contributed by atoms with E-state index in [1.807, 2.05) is 0 Å². The monoisotopic (exact) mass is 450 g/mol. The van der Waals surface area contributed by atoms with Crippen molar-refractivity contribution in [3.63, 3.8) is 0 Å². The zero-order chi connectivity index (χ0) is 23.4. The minimum atomic E-state index is -0.682. The Bertz CT molecular complexity index is 651. The van der Waals surface area contributed by atoms with Crippen molar-refractivity contribution in [3.8, 4) is 0 Å². The highest BCUT2D eigenvalue weighted by molar-refractivity contribution is 5.11. The normalized spacial score (nSPS) is 47.8. The van der Waals surface area contributed by atoms with Gasteiger partial charge in [-0.15, -0.1) is 0 Å². The molecular formula is C28H50O4. The SMILES string of the molecule is CCC(C(C)C)C(O)[C@H](O)[C@@H](C)C1CCC2C3O[C@@H](O)C4CCCCC4(C)C3CC[C@@]21C. The molecule has 12 atom stereocenters. The van der Waals surface area contributed by atoms with Crippen LogP contribution in [0.25, 0.3) is 0 Å². The second kappa shape index (κ2) is 9.13. The third-order valence-electron chi connectivity index (χ3n) is 11.4. The van der Waals surface area contributed by atoms with Crippen LogP contribution >= 0.6 is 0 Å². The molecule has 4 nitrogen and oxygen atoms in total. The minimum absolute atomic E-state index is 0.0656. The average Bonchev–Trinajstić information content (AvgIpc) is 3.10. The lowest BCUT2D eigenvalue weighted by Crippen LogP contribution is -2.61. The molecule has 3 N–H and O–H groups in total. The van der Waals surface area contributed by atoms with Crippen LogP contribution in [0.4, 0.5) is 0 Å². The van der Waals surface area contributed by atoms with Gasteiger partial charge >= 0.3 is 0 Å². The van der Waals surface area contributed by atoms with Gasteiger partial charge in [0, 0.05) is 5.92 Å².